The van der Waals surface area contributed by atoms with Crippen molar-refractivity contribution in [1.82, 2.24) is 15.6 Å². The molecule has 0 aromatic carbocycles. The van der Waals surface area contributed by atoms with E-state index in [-0.39, 0.29) is 5.91 Å². The number of anilines is 1. The molecule has 1 amide bonds. The van der Waals surface area contributed by atoms with Crippen LogP contribution in [0.2, 0.25) is 0 Å². The molecule has 1 fully saturated rings. The maximum Gasteiger partial charge on any atom is 0.239 e. The van der Waals surface area contributed by atoms with Crippen molar-refractivity contribution >= 4 is 11.7 Å². The molecule has 0 bridgehead atoms. The predicted octanol–water partition coefficient (Wildman–Crippen LogP) is 1.30. The molecule has 20 heavy (non-hydrogen) atoms. The zero-order chi connectivity index (χ0) is 14.4. The van der Waals surface area contributed by atoms with Crippen LogP contribution in [0.4, 0.5) is 5.82 Å². The van der Waals surface area contributed by atoms with E-state index in [1.165, 1.54) is 12.8 Å². The van der Waals surface area contributed by atoms with Crippen LogP contribution in [0.15, 0.2) is 18.3 Å². The standard InChI is InChI=1S/C15H24N4O/c1-3-9-19(11-14(20)16-2)15-12(5-4-8-17-15)10-18-13-6-7-13/h4-5,8,13,18H,3,6-7,9-11H2,1-2H3,(H,16,20). The molecule has 5 nitrogen and oxygen atoms in total. The van der Waals surface area contributed by atoms with E-state index in [9.17, 15) is 4.79 Å². The van der Waals surface area contributed by atoms with Gasteiger partial charge in [0.1, 0.15) is 5.82 Å². The van der Waals surface area contributed by atoms with Crippen molar-refractivity contribution in [3.05, 3.63) is 23.9 Å². The number of carbonyl (C=O) groups is 1. The highest BCUT2D eigenvalue weighted by atomic mass is 16.1. The number of carbonyl (C=O) groups excluding carboxylic acids is 1. The molecule has 1 aromatic heterocycles. The normalized spacial score (nSPS) is 14.1. The zero-order valence-electron chi connectivity index (χ0n) is 12.4. The lowest BCUT2D eigenvalue weighted by atomic mass is 10.2. The van der Waals surface area contributed by atoms with Gasteiger partial charge in [-0.3, -0.25) is 4.79 Å². The van der Waals surface area contributed by atoms with E-state index in [2.05, 4.69) is 33.5 Å². The van der Waals surface area contributed by atoms with Crippen molar-refractivity contribution in [2.24, 2.45) is 0 Å². The van der Waals surface area contributed by atoms with Crippen molar-refractivity contribution in [1.29, 1.82) is 0 Å². The highest BCUT2D eigenvalue weighted by molar-refractivity contribution is 5.80. The summed E-state index contributed by atoms with van der Waals surface area (Å²) in [7, 11) is 1.67. The molecule has 1 aliphatic carbocycles. The maximum absolute atomic E-state index is 11.7. The minimum atomic E-state index is 0.0187. The molecule has 1 aliphatic rings. The lowest BCUT2D eigenvalue weighted by molar-refractivity contribution is -0.119. The third-order valence-corrected chi connectivity index (χ3v) is 3.43. The molecule has 0 atom stereocenters. The third kappa shape index (κ3) is 4.20. The summed E-state index contributed by atoms with van der Waals surface area (Å²) >= 11 is 0. The Morgan fingerprint density at radius 2 is 2.30 bits per heavy atom. The number of amides is 1. The fourth-order valence-corrected chi connectivity index (χ4v) is 2.18. The van der Waals surface area contributed by atoms with E-state index in [1.54, 1.807) is 13.2 Å². The smallest absolute Gasteiger partial charge is 0.239 e. The fraction of sp³-hybridized carbons (Fsp3) is 0.600. The highest BCUT2D eigenvalue weighted by Gasteiger charge is 2.21. The lowest BCUT2D eigenvalue weighted by Gasteiger charge is -2.24. The van der Waals surface area contributed by atoms with Gasteiger partial charge in [0.05, 0.1) is 6.54 Å². The first-order chi connectivity index (χ1) is 9.74. The van der Waals surface area contributed by atoms with E-state index in [1.807, 2.05) is 6.07 Å². The summed E-state index contributed by atoms with van der Waals surface area (Å²) in [6.45, 7) is 4.13. The number of nitrogens with zero attached hydrogens (tertiary/aromatic N) is 2. The summed E-state index contributed by atoms with van der Waals surface area (Å²) in [6.07, 6.45) is 5.32. The lowest BCUT2D eigenvalue weighted by Crippen LogP contribution is -2.37. The van der Waals surface area contributed by atoms with Crippen LogP contribution in [0.1, 0.15) is 31.7 Å². The van der Waals surface area contributed by atoms with Crippen LogP contribution in [-0.2, 0) is 11.3 Å². The summed E-state index contributed by atoms with van der Waals surface area (Å²) in [5.41, 5.74) is 1.16. The van der Waals surface area contributed by atoms with Crippen molar-refractivity contribution in [3.63, 3.8) is 0 Å². The van der Waals surface area contributed by atoms with Gasteiger partial charge in [0.2, 0.25) is 5.91 Å². The molecule has 1 heterocycles. The first-order valence-corrected chi connectivity index (χ1v) is 7.37. The molecule has 2 rings (SSSR count). The Morgan fingerprint density at radius 1 is 1.50 bits per heavy atom. The Labute approximate surface area is 120 Å². The van der Waals surface area contributed by atoms with Crippen LogP contribution in [0.5, 0.6) is 0 Å². The number of pyridine rings is 1. The number of rotatable bonds is 8. The SMILES string of the molecule is CCCN(CC(=O)NC)c1ncccc1CNC1CC1. The molecular weight excluding hydrogens is 252 g/mol. The summed E-state index contributed by atoms with van der Waals surface area (Å²) in [5.74, 6) is 0.941. The molecular formula is C15H24N4O. The van der Waals surface area contributed by atoms with Crippen LogP contribution in [0, 0.1) is 0 Å². The van der Waals surface area contributed by atoms with Gasteiger partial charge in [-0.2, -0.15) is 0 Å². The monoisotopic (exact) mass is 276 g/mol. The van der Waals surface area contributed by atoms with Gasteiger partial charge >= 0.3 is 0 Å². The Bertz CT molecular complexity index is 445. The van der Waals surface area contributed by atoms with Crippen LogP contribution in [0.25, 0.3) is 0 Å². The van der Waals surface area contributed by atoms with Gasteiger partial charge in [-0.25, -0.2) is 4.98 Å². The average Bonchev–Trinajstić information content (AvgIpc) is 3.29. The first kappa shape index (κ1) is 14.8. The summed E-state index contributed by atoms with van der Waals surface area (Å²) in [4.78, 5) is 18.2. The van der Waals surface area contributed by atoms with Gasteiger partial charge in [-0.05, 0) is 25.3 Å². The third-order valence-electron chi connectivity index (χ3n) is 3.43. The van der Waals surface area contributed by atoms with E-state index < -0.39 is 0 Å². The van der Waals surface area contributed by atoms with E-state index in [0.717, 1.165) is 30.9 Å². The van der Waals surface area contributed by atoms with Crippen molar-refractivity contribution in [2.75, 3.05) is 25.0 Å². The fourth-order valence-electron chi connectivity index (χ4n) is 2.18. The number of aromatic nitrogens is 1. The Hall–Kier alpha value is -1.62. The molecule has 110 valence electrons. The molecule has 1 aromatic rings. The zero-order valence-corrected chi connectivity index (χ0v) is 12.4. The summed E-state index contributed by atoms with van der Waals surface area (Å²) in [5, 5.41) is 6.19. The second-order valence-electron chi connectivity index (χ2n) is 5.24. The van der Waals surface area contributed by atoms with Gasteiger partial charge in [0.15, 0.2) is 0 Å². The molecule has 0 aliphatic heterocycles. The predicted molar refractivity (Wildman–Crippen MR) is 80.7 cm³/mol. The van der Waals surface area contributed by atoms with Gasteiger partial charge in [0.25, 0.3) is 0 Å². The Kier molecular flexibility index (Phi) is 5.35. The molecule has 2 N–H and O–H groups in total. The van der Waals surface area contributed by atoms with Gasteiger partial charge < -0.3 is 15.5 Å². The molecule has 5 heteroatoms. The van der Waals surface area contributed by atoms with E-state index in [4.69, 9.17) is 0 Å². The van der Waals surface area contributed by atoms with Gasteiger partial charge in [-0.1, -0.05) is 13.0 Å². The Balaban J connectivity index is 2.10. The minimum Gasteiger partial charge on any atom is -0.358 e. The van der Waals surface area contributed by atoms with E-state index in [0.29, 0.717) is 12.6 Å². The molecule has 0 spiro atoms. The van der Waals surface area contributed by atoms with Crippen molar-refractivity contribution in [3.8, 4) is 0 Å². The van der Waals surface area contributed by atoms with Crippen molar-refractivity contribution < 1.29 is 4.79 Å². The van der Waals surface area contributed by atoms with Crippen LogP contribution in [-0.4, -0.2) is 37.1 Å². The molecule has 1 saturated carbocycles. The van der Waals surface area contributed by atoms with Crippen molar-refractivity contribution in [2.45, 2.75) is 38.8 Å². The van der Waals surface area contributed by atoms with E-state index >= 15 is 0 Å². The maximum atomic E-state index is 11.7. The van der Waals surface area contributed by atoms with Gasteiger partial charge in [-0.15, -0.1) is 0 Å². The Morgan fingerprint density at radius 3 is 2.95 bits per heavy atom. The summed E-state index contributed by atoms with van der Waals surface area (Å²) < 4.78 is 0. The first-order valence-electron chi connectivity index (χ1n) is 7.37. The average molecular weight is 276 g/mol. The second kappa shape index (κ2) is 7.24. The second-order valence-corrected chi connectivity index (χ2v) is 5.24. The number of nitrogens with one attached hydrogen (secondary N) is 2. The molecule has 0 radical (unpaired) electrons. The quantitative estimate of drug-likeness (QED) is 0.751. The molecule has 0 unspecified atom stereocenters. The highest BCUT2D eigenvalue weighted by Crippen LogP contribution is 2.22. The molecule has 0 saturated heterocycles. The van der Waals surface area contributed by atoms with Crippen LogP contribution in [0.3, 0.4) is 0 Å². The largest absolute Gasteiger partial charge is 0.358 e. The van der Waals surface area contributed by atoms with Gasteiger partial charge in [0, 0.05) is 37.9 Å². The number of likely N-dealkylation sites (N-methyl/N-ethyl adjacent to an activating group) is 1. The summed E-state index contributed by atoms with van der Waals surface area (Å²) in [6, 6.07) is 4.71. The minimum absolute atomic E-state index is 0.0187. The number of hydrogen-bond acceptors (Lipinski definition) is 4. The topological polar surface area (TPSA) is 57.3 Å². The van der Waals surface area contributed by atoms with Crippen LogP contribution >= 0.6 is 0 Å². The van der Waals surface area contributed by atoms with Crippen LogP contribution < -0.4 is 15.5 Å². The number of hydrogen-bond donors (Lipinski definition) is 2.